The van der Waals surface area contributed by atoms with Crippen LogP contribution >= 0.6 is 11.3 Å². The van der Waals surface area contributed by atoms with Crippen LogP contribution in [0.25, 0.3) is 0 Å². The lowest BCUT2D eigenvalue weighted by Crippen LogP contribution is -2.41. The number of morpholine rings is 1. The number of amides is 2. The van der Waals surface area contributed by atoms with Gasteiger partial charge in [-0.3, -0.25) is 15.0 Å². The molecule has 10 nitrogen and oxygen atoms in total. The Hall–Kier alpha value is -2.54. The third-order valence-electron chi connectivity index (χ3n) is 4.06. The number of benzene rings is 1. The van der Waals surface area contributed by atoms with Crippen molar-refractivity contribution >= 4 is 44.0 Å². The summed E-state index contributed by atoms with van der Waals surface area (Å²) in [5.74, 6) is -0.847. The number of thiazole rings is 1. The molecule has 2 heterocycles. The van der Waals surface area contributed by atoms with Crippen molar-refractivity contribution in [2.24, 2.45) is 0 Å². The standard InChI is InChI=1S/C17H21N5O5S2/c1-11-15(28-17(18-11)22-7-9-27-10-8-22)16(24)20-21-29(25,26)14-5-3-13(4-6-14)19-12(2)23/h3-6,21H,7-10H2,1-2H3,(H,19,23)(H,20,24). The molecule has 0 bridgehead atoms. The Bertz CT molecular complexity index is 998. The van der Waals surface area contributed by atoms with Crippen LogP contribution < -0.4 is 20.5 Å². The van der Waals surface area contributed by atoms with Crippen molar-refractivity contribution < 1.29 is 22.7 Å². The maximum atomic E-state index is 12.5. The van der Waals surface area contributed by atoms with Gasteiger partial charge in [-0.25, -0.2) is 13.4 Å². The zero-order valence-corrected chi connectivity index (χ0v) is 17.5. The molecule has 12 heteroatoms. The summed E-state index contributed by atoms with van der Waals surface area (Å²) in [6.07, 6.45) is 0. The predicted molar refractivity (Wildman–Crippen MR) is 108 cm³/mol. The van der Waals surface area contributed by atoms with Gasteiger partial charge in [0.1, 0.15) is 4.88 Å². The first-order valence-corrected chi connectivity index (χ1v) is 11.1. The molecule has 0 saturated carbocycles. The monoisotopic (exact) mass is 439 g/mol. The number of rotatable bonds is 6. The smallest absolute Gasteiger partial charge is 0.278 e. The fraction of sp³-hybridized carbons (Fsp3) is 0.353. The molecular weight excluding hydrogens is 418 g/mol. The Labute approximate surface area is 172 Å². The average Bonchev–Trinajstić information content (AvgIpc) is 3.09. The number of hydrogen-bond acceptors (Lipinski definition) is 8. The molecular formula is C17H21N5O5S2. The molecule has 0 aliphatic carbocycles. The second-order valence-electron chi connectivity index (χ2n) is 6.28. The van der Waals surface area contributed by atoms with Crippen molar-refractivity contribution in [1.29, 1.82) is 0 Å². The second-order valence-corrected chi connectivity index (χ2v) is 8.94. The van der Waals surface area contributed by atoms with Gasteiger partial charge in [0.05, 0.1) is 23.8 Å². The Morgan fingerprint density at radius 2 is 1.83 bits per heavy atom. The van der Waals surface area contributed by atoms with Crippen LogP contribution in [0.5, 0.6) is 0 Å². The summed E-state index contributed by atoms with van der Waals surface area (Å²) in [6.45, 7) is 5.63. The van der Waals surface area contributed by atoms with Gasteiger partial charge in [0.15, 0.2) is 5.13 Å². The summed E-state index contributed by atoms with van der Waals surface area (Å²) >= 11 is 1.20. The molecule has 3 rings (SSSR count). The van der Waals surface area contributed by atoms with Crippen molar-refractivity contribution in [3.8, 4) is 0 Å². The van der Waals surface area contributed by atoms with E-state index in [1.165, 1.54) is 42.5 Å². The van der Waals surface area contributed by atoms with Gasteiger partial charge in [-0.1, -0.05) is 11.3 Å². The summed E-state index contributed by atoms with van der Waals surface area (Å²) < 4.78 is 30.1. The van der Waals surface area contributed by atoms with Crippen LogP contribution in [0, 0.1) is 6.92 Å². The van der Waals surface area contributed by atoms with Gasteiger partial charge in [-0.05, 0) is 31.2 Å². The molecule has 1 aromatic carbocycles. The first kappa shape index (κ1) is 21.2. The van der Waals surface area contributed by atoms with Crippen LogP contribution in [0.15, 0.2) is 29.2 Å². The maximum absolute atomic E-state index is 12.5. The number of carbonyl (C=O) groups excluding carboxylic acids is 2. The van der Waals surface area contributed by atoms with Crippen molar-refractivity contribution in [2.45, 2.75) is 18.7 Å². The van der Waals surface area contributed by atoms with E-state index in [0.717, 1.165) is 0 Å². The Morgan fingerprint density at radius 1 is 1.17 bits per heavy atom. The Kier molecular flexibility index (Phi) is 6.47. The summed E-state index contributed by atoms with van der Waals surface area (Å²) in [5.41, 5.74) is 3.21. The van der Waals surface area contributed by atoms with E-state index < -0.39 is 15.9 Å². The zero-order chi connectivity index (χ0) is 21.0. The highest BCUT2D eigenvalue weighted by atomic mass is 32.2. The summed E-state index contributed by atoms with van der Waals surface area (Å²) in [5, 5.41) is 3.25. The van der Waals surface area contributed by atoms with Crippen LogP contribution in [0.3, 0.4) is 0 Å². The van der Waals surface area contributed by atoms with E-state index in [2.05, 4.69) is 20.6 Å². The molecule has 0 unspecified atom stereocenters. The van der Waals surface area contributed by atoms with Crippen LogP contribution in [0.2, 0.25) is 0 Å². The molecule has 2 amide bonds. The molecule has 1 saturated heterocycles. The number of carbonyl (C=O) groups is 2. The fourth-order valence-electron chi connectivity index (χ4n) is 2.63. The van der Waals surface area contributed by atoms with Gasteiger partial charge in [-0.2, -0.15) is 0 Å². The first-order valence-electron chi connectivity index (χ1n) is 8.76. The average molecular weight is 440 g/mol. The largest absolute Gasteiger partial charge is 0.378 e. The van der Waals surface area contributed by atoms with E-state index in [1.807, 2.05) is 4.90 Å². The number of aryl methyl sites for hydroxylation is 1. The number of aromatic nitrogens is 1. The number of hydrazine groups is 1. The quantitative estimate of drug-likeness (QED) is 0.570. The third-order valence-corrected chi connectivity index (χ3v) is 6.54. The minimum Gasteiger partial charge on any atom is -0.378 e. The van der Waals surface area contributed by atoms with Gasteiger partial charge >= 0.3 is 0 Å². The topological polar surface area (TPSA) is 130 Å². The fourth-order valence-corrected chi connectivity index (χ4v) is 4.49. The SMILES string of the molecule is CC(=O)Nc1ccc(S(=O)(=O)NNC(=O)c2sc(N3CCOCC3)nc2C)cc1. The number of ether oxygens (including phenoxy) is 1. The number of hydrogen-bond donors (Lipinski definition) is 3. The van der Waals surface area contributed by atoms with E-state index in [1.54, 1.807) is 6.92 Å². The molecule has 2 aromatic rings. The van der Waals surface area contributed by atoms with E-state index in [0.29, 0.717) is 47.7 Å². The van der Waals surface area contributed by atoms with Gasteiger partial charge < -0.3 is 15.0 Å². The lowest BCUT2D eigenvalue weighted by Gasteiger charge is -2.25. The summed E-state index contributed by atoms with van der Waals surface area (Å²) in [7, 11) is -3.97. The van der Waals surface area contributed by atoms with Crippen LogP contribution in [0.1, 0.15) is 22.3 Å². The number of anilines is 2. The van der Waals surface area contributed by atoms with E-state index in [4.69, 9.17) is 4.74 Å². The molecule has 29 heavy (non-hydrogen) atoms. The van der Waals surface area contributed by atoms with E-state index >= 15 is 0 Å². The molecule has 1 aliphatic rings. The van der Waals surface area contributed by atoms with Gasteiger partial charge in [0.2, 0.25) is 5.91 Å². The van der Waals surface area contributed by atoms with Gasteiger partial charge in [0.25, 0.3) is 15.9 Å². The van der Waals surface area contributed by atoms with Crippen molar-refractivity contribution in [2.75, 3.05) is 36.5 Å². The van der Waals surface area contributed by atoms with E-state index in [9.17, 15) is 18.0 Å². The minimum absolute atomic E-state index is 0.0538. The number of sulfonamides is 1. The highest BCUT2D eigenvalue weighted by Crippen LogP contribution is 2.26. The number of nitrogens with zero attached hydrogens (tertiary/aromatic N) is 2. The van der Waals surface area contributed by atoms with Gasteiger partial charge in [-0.15, -0.1) is 4.83 Å². The normalized spacial score (nSPS) is 14.5. The first-order chi connectivity index (χ1) is 13.8. The third kappa shape index (κ3) is 5.29. The maximum Gasteiger partial charge on any atom is 0.278 e. The second kappa shape index (κ2) is 8.86. The molecule has 156 valence electrons. The Balaban J connectivity index is 1.65. The molecule has 0 radical (unpaired) electrons. The van der Waals surface area contributed by atoms with Crippen LogP contribution in [-0.4, -0.2) is 51.5 Å². The van der Waals surface area contributed by atoms with Crippen LogP contribution in [-0.2, 0) is 19.6 Å². The molecule has 1 fully saturated rings. The lowest BCUT2D eigenvalue weighted by atomic mass is 10.3. The molecule has 1 aliphatic heterocycles. The lowest BCUT2D eigenvalue weighted by molar-refractivity contribution is -0.114. The van der Waals surface area contributed by atoms with Crippen LogP contribution in [0.4, 0.5) is 10.8 Å². The van der Waals surface area contributed by atoms with Crippen molar-refractivity contribution in [1.82, 2.24) is 15.2 Å². The molecule has 3 N–H and O–H groups in total. The van der Waals surface area contributed by atoms with E-state index in [-0.39, 0.29) is 10.8 Å². The molecule has 1 aromatic heterocycles. The molecule has 0 atom stereocenters. The van der Waals surface area contributed by atoms with Gasteiger partial charge in [0, 0.05) is 25.7 Å². The Morgan fingerprint density at radius 3 is 2.45 bits per heavy atom. The zero-order valence-electron chi connectivity index (χ0n) is 15.9. The summed E-state index contributed by atoms with van der Waals surface area (Å²) in [4.78, 5) is 32.3. The highest BCUT2D eigenvalue weighted by molar-refractivity contribution is 7.89. The molecule has 0 spiro atoms. The van der Waals surface area contributed by atoms with Crippen molar-refractivity contribution in [3.63, 3.8) is 0 Å². The predicted octanol–water partition coefficient (Wildman–Crippen LogP) is 0.870. The summed E-state index contributed by atoms with van der Waals surface area (Å²) in [6, 6.07) is 5.57. The highest BCUT2D eigenvalue weighted by Gasteiger charge is 2.22. The van der Waals surface area contributed by atoms with Crippen molar-refractivity contribution in [3.05, 3.63) is 34.8 Å². The minimum atomic E-state index is -3.97. The number of nitrogens with one attached hydrogen (secondary N) is 3.